The van der Waals surface area contributed by atoms with Crippen molar-refractivity contribution in [2.75, 3.05) is 13.2 Å². The Balaban J connectivity index is 2.32. The van der Waals surface area contributed by atoms with Gasteiger partial charge in [-0.25, -0.2) is 8.78 Å². The van der Waals surface area contributed by atoms with Gasteiger partial charge in [-0.2, -0.15) is 0 Å². The molecule has 0 saturated carbocycles. The summed E-state index contributed by atoms with van der Waals surface area (Å²) in [6.45, 7) is 0.788. The van der Waals surface area contributed by atoms with Gasteiger partial charge in [0.2, 0.25) is 12.7 Å². The second kappa shape index (κ2) is 3.08. The number of ether oxygens (including phenoxy) is 1. The highest BCUT2D eigenvalue weighted by atomic mass is 19.2. The van der Waals surface area contributed by atoms with Gasteiger partial charge in [-0.15, -0.1) is 0 Å². The zero-order chi connectivity index (χ0) is 6.69. The zero-order valence-electron chi connectivity index (χ0n) is 4.94. The van der Waals surface area contributed by atoms with Gasteiger partial charge in [0.1, 0.15) is 0 Å². The van der Waals surface area contributed by atoms with Crippen LogP contribution in [0.4, 0.5) is 8.78 Å². The van der Waals surface area contributed by atoms with Crippen molar-refractivity contribution in [3.8, 4) is 0 Å². The van der Waals surface area contributed by atoms with E-state index in [1.54, 1.807) is 0 Å². The Morgan fingerprint density at radius 1 is 1.44 bits per heavy atom. The molecule has 0 bridgehead atoms. The normalized spacial score (nSPS) is 38.0. The van der Waals surface area contributed by atoms with Crippen molar-refractivity contribution in [1.82, 2.24) is 5.32 Å². The molecule has 9 heavy (non-hydrogen) atoms. The lowest BCUT2D eigenvalue weighted by Gasteiger charge is -2.08. The van der Waals surface area contributed by atoms with Crippen molar-refractivity contribution in [2.45, 2.75) is 19.1 Å². The Hall–Kier alpha value is -0.220. The number of hydrogen-bond donors (Lipinski definition) is 1. The van der Waals surface area contributed by atoms with Gasteiger partial charge in [0, 0.05) is 6.54 Å². The molecule has 1 rings (SSSR count). The molecular weight excluding hydrogens is 128 g/mol. The van der Waals surface area contributed by atoms with E-state index in [0.717, 1.165) is 0 Å². The Morgan fingerprint density at radius 2 is 2.22 bits per heavy atom. The summed E-state index contributed by atoms with van der Waals surface area (Å²) in [6.07, 6.45) is -2.76. The molecule has 0 aromatic rings. The monoisotopic (exact) mass is 137 g/mol. The second-order valence-electron chi connectivity index (χ2n) is 1.93. The highest BCUT2D eigenvalue weighted by Crippen LogP contribution is 2.06. The summed E-state index contributed by atoms with van der Waals surface area (Å²) in [7, 11) is 0. The minimum atomic E-state index is -1.78. The summed E-state index contributed by atoms with van der Waals surface area (Å²) in [5.41, 5.74) is 0. The van der Waals surface area contributed by atoms with Crippen molar-refractivity contribution in [2.24, 2.45) is 0 Å². The number of rotatable bonds is 0. The van der Waals surface area contributed by atoms with Crippen LogP contribution in [0.1, 0.15) is 6.42 Å². The fraction of sp³-hybridized carbons (Fsp3) is 1.00. The van der Waals surface area contributed by atoms with E-state index in [0.29, 0.717) is 19.6 Å². The smallest absolute Gasteiger partial charge is 0.244 e. The summed E-state index contributed by atoms with van der Waals surface area (Å²) >= 11 is 0. The largest absolute Gasteiger partial charge is 0.345 e. The van der Waals surface area contributed by atoms with Crippen molar-refractivity contribution in [3.05, 3.63) is 0 Å². The molecule has 1 aliphatic heterocycles. The first-order chi connectivity index (χ1) is 4.30. The van der Waals surface area contributed by atoms with Gasteiger partial charge in [-0.1, -0.05) is 0 Å². The van der Waals surface area contributed by atoms with Gasteiger partial charge >= 0.3 is 0 Å². The maximum Gasteiger partial charge on any atom is 0.244 e. The highest BCUT2D eigenvalue weighted by Gasteiger charge is 2.21. The Bertz CT molecular complexity index is 81.0. The second-order valence-corrected chi connectivity index (χ2v) is 1.93. The van der Waals surface area contributed by atoms with Crippen molar-refractivity contribution in [1.29, 1.82) is 0 Å². The third-order valence-corrected chi connectivity index (χ3v) is 1.17. The van der Waals surface area contributed by atoms with E-state index >= 15 is 0 Å². The van der Waals surface area contributed by atoms with Gasteiger partial charge in [-0.05, 0) is 6.42 Å². The SMILES string of the molecule is FC1NCCCOC1F. The standard InChI is InChI=1S/C5H9F2NO/c6-4-5(7)9-3-1-2-8-4/h4-5,8H,1-3H2. The van der Waals surface area contributed by atoms with Crippen molar-refractivity contribution < 1.29 is 13.5 Å². The lowest BCUT2D eigenvalue weighted by atomic mass is 10.4. The molecule has 1 fully saturated rings. The Kier molecular flexibility index (Phi) is 2.36. The van der Waals surface area contributed by atoms with E-state index in [4.69, 9.17) is 0 Å². The van der Waals surface area contributed by atoms with Gasteiger partial charge in [0.25, 0.3) is 0 Å². The van der Waals surface area contributed by atoms with E-state index in [-0.39, 0.29) is 0 Å². The molecule has 0 spiro atoms. The van der Waals surface area contributed by atoms with Crippen LogP contribution in [-0.4, -0.2) is 25.8 Å². The molecule has 2 unspecified atom stereocenters. The topological polar surface area (TPSA) is 21.3 Å². The average molecular weight is 137 g/mol. The molecule has 54 valence electrons. The maximum atomic E-state index is 12.2. The minimum absolute atomic E-state index is 0.300. The predicted molar refractivity (Wildman–Crippen MR) is 28.4 cm³/mol. The van der Waals surface area contributed by atoms with Crippen LogP contribution in [0.2, 0.25) is 0 Å². The molecule has 0 aromatic carbocycles. The quantitative estimate of drug-likeness (QED) is 0.493. The van der Waals surface area contributed by atoms with Crippen LogP contribution < -0.4 is 5.32 Å². The fourth-order valence-corrected chi connectivity index (χ4v) is 0.685. The summed E-state index contributed by atoms with van der Waals surface area (Å²) in [5.74, 6) is 0. The van der Waals surface area contributed by atoms with Crippen LogP contribution in [0, 0.1) is 0 Å². The Labute approximate surface area is 52.2 Å². The lowest BCUT2D eigenvalue weighted by molar-refractivity contribution is -0.0818. The van der Waals surface area contributed by atoms with E-state index in [1.807, 2.05) is 0 Å². The van der Waals surface area contributed by atoms with E-state index in [1.165, 1.54) is 0 Å². The third-order valence-electron chi connectivity index (χ3n) is 1.17. The van der Waals surface area contributed by atoms with Gasteiger partial charge < -0.3 is 4.74 Å². The molecule has 4 heteroatoms. The van der Waals surface area contributed by atoms with Crippen LogP contribution in [-0.2, 0) is 4.74 Å². The van der Waals surface area contributed by atoms with Crippen LogP contribution in [0.3, 0.4) is 0 Å². The lowest BCUT2D eigenvalue weighted by Crippen LogP contribution is -2.32. The first-order valence-corrected chi connectivity index (χ1v) is 2.94. The molecular formula is C5H9F2NO. The maximum absolute atomic E-state index is 12.2. The van der Waals surface area contributed by atoms with Crippen molar-refractivity contribution in [3.63, 3.8) is 0 Å². The average Bonchev–Trinajstić information content (AvgIpc) is 1.99. The summed E-state index contributed by atoms with van der Waals surface area (Å²) in [5, 5.41) is 2.33. The highest BCUT2D eigenvalue weighted by molar-refractivity contribution is 4.61. The summed E-state index contributed by atoms with van der Waals surface area (Å²) < 4.78 is 28.8. The van der Waals surface area contributed by atoms with Crippen molar-refractivity contribution >= 4 is 0 Å². The van der Waals surface area contributed by atoms with Gasteiger partial charge in [0.05, 0.1) is 6.61 Å². The number of nitrogens with one attached hydrogen (secondary N) is 1. The van der Waals surface area contributed by atoms with Gasteiger partial charge in [0.15, 0.2) is 0 Å². The third kappa shape index (κ3) is 1.87. The minimum Gasteiger partial charge on any atom is -0.345 e. The first-order valence-electron chi connectivity index (χ1n) is 2.94. The first kappa shape index (κ1) is 6.89. The molecule has 0 aliphatic carbocycles. The number of hydrogen-bond acceptors (Lipinski definition) is 2. The molecule has 0 aromatic heterocycles. The van der Waals surface area contributed by atoms with Crippen LogP contribution >= 0.6 is 0 Å². The molecule has 2 atom stereocenters. The fourth-order valence-electron chi connectivity index (χ4n) is 0.685. The summed E-state index contributed by atoms with van der Waals surface area (Å²) in [4.78, 5) is 0. The molecule has 1 aliphatic rings. The molecule has 0 radical (unpaired) electrons. The Morgan fingerprint density at radius 3 is 3.00 bits per heavy atom. The molecule has 0 amide bonds. The molecule has 1 N–H and O–H groups in total. The number of alkyl halides is 2. The van der Waals surface area contributed by atoms with Gasteiger partial charge in [-0.3, -0.25) is 5.32 Å². The predicted octanol–water partition coefficient (Wildman–Crippen LogP) is 0.588. The van der Waals surface area contributed by atoms with Crippen LogP contribution in [0.5, 0.6) is 0 Å². The van der Waals surface area contributed by atoms with Crippen LogP contribution in [0.15, 0.2) is 0 Å². The van der Waals surface area contributed by atoms with E-state index in [9.17, 15) is 8.78 Å². The molecule has 1 heterocycles. The molecule has 2 nitrogen and oxygen atoms in total. The van der Waals surface area contributed by atoms with Crippen LogP contribution in [0.25, 0.3) is 0 Å². The van der Waals surface area contributed by atoms with E-state index < -0.39 is 12.7 Å². The summed E-state index contributed by atoms with van der Waals surface area (Å²) in [6, 6.07) is 0. The number of halogens is 2. The molecule has 1 saturated heterocycles. The zero-order valence-corrected chi connectivity index (χ0v) is 4.94. The van der Waals surface area contributed by atoms with E-state index in [2.05, 4.69) is 10.1 Å².